The molecule has 1 saturated heterocycles. The summed E-state index contributed by atoms with van der Waals surface area (Å²) in [4.78, 5) is 6.44. The van der Waals surface area contributed by atoms with E-state index < -0.39 is 0 Å². The van der Waals surface area contributed by atoms with Gasteiger partial charge in [0.05, 0.1) is 11.8 Å². The Labute approximate surface area is 117 Å². The average Bonchev–Trinajstić information content (AvgIpc) is 2.56. The van der Waals surface area contributed by atoms with Crippen molar-refractivity contribution in [3.8, 4) is 17.5 Å². The van der Waals surface area contributed by atoms with Crippen LogP contribution in [0.5, 0.6) is 0 Å². The Morgan fingerprint density at radius 3 is 2.50 bits per heavy atom. The molecule has 1 aliphatic heterocycles. The van der Waals surface area contributed by atoms with Gasteiger partial charge in [-0.05, 0) is 37.1 Å². The highest BCUT2D eigenvalue weighted by Gasteiger charge is 2.19. The van der Waals surface area contributed by atoms with Crippen molar-refractivity contribution < 1.29 is 0 Å². The quantitative estimate of drug-likeness (QED) is 0.833. The minimum Gasteiger partial charge on any atom is -0.355 e. The first-order valence-electron chi connectivity index (χ1n) is 6.76. The van der Waals surface area contributed by atoms with Crippen molar-refractivity contribution in [2.45, 2.75) is 12.8 Å². The summed E-state index contributed by atoms with van der Waals surface area (Å²) in [6.07, 6.45) is 3.55. The number of piperidine rings is 1. The van der Waals surface area contributed by atoms with Gasteiger partial charge < -0.3 is 4.90 Å². The number of rotatable bonds is 2. The molecule has 0 spiro atoms. The zero-order valence-corrected chi connectivity index (χ0v) is 11.1. The molecule has 20 heavy (non-hydrogen) atoms. The maximum Gasteiger partial charge on any atom is 0.151 e. The SMILES string of the molecule is N#CC1CCN(c2ccc(-c3ccccn3)nn2)CC1. The summed E-state index contributed by atoms with van der Waals surface area (Å²) in [6, 6.07) is 12.0. The van der Waals surface area contributed by atoms with Crippen LogP contribution in [0.1, 0.15) is 12.8 Å². The average molecular weight is 265 g/mol. The van der Waals surface area contributed by atoms with Crippen molar-refractivity contribution in [1.29, 1.82) is 5.26 Å². The van der Waals surface area contributed by atoms with Crippen molar-refractivity contribution in [3.63, 3.8) is 0 Å². The molecule has 0 aliphatic carbocycles. The van der Waals surface area contributed by atoms with Gasteiger partial charge in [-0.2, -0.15) is 5.26 Å². The summed E-state index contributed by atoms with van der Waals surface area (Å²) in [5.41, 5.74) is 1.61. The summed E-state index contributed by atoms with van der Waals surface area (Å²) >= 11 is 0. The molecule has 3 heterocycles. The second-order valence-corrected chi connectivity index (χ2v) is 4.88. The van der Waals surface area contributed by atoms with Crippen LogP contribution in [0.3, 0.4) is 0 Å². The largest absolute Gasteiger partial charge is 0.355 e. The Balaban J connectivity index is 1.73. The highest BCUT2D eigenvalue weighted by molar-refractivity contribution is 5.54. The zero-order valence-electron chi connectivity index (χ0n) is 11.1. The second kappa shape index (κ2) is 5.66. The molecule has 1 aliphatic rings. The third kappa shape index (κ3) is 2.59. The van der Waals surface area contributed by atoms with E-state index in [2.05, 4.69) is 26.2 Å². The summed E-state index contributed by atoms with van der Waals surface area (Å²) in [6.45, 7) is 1.74. The van der Waals surface area contributed by atoms with E-state index in [-0.39, 0.29) is 5.92 Å². The van der Waals surface area contributed by atoms with Crippen LogP contribution < -0.4 is 4.90 Å². The van der Waals surface area contributed by atoms with Crippen LogP contribution in [-0.2, 0) is 0 Å². The molecule has 0 radical (unpaired) electrons. The molecular formula is C15H15N5. The first-order valence-corrected chi connectivity index (χ1v) is 6.76. The Morgan fingerprint density at radius 2 is 1.90 bits per heavy atom. The minimum absolute atomic E-state index is 0.187. The smallest absolute Gasteiger partial charge is 0.151 e. The van der Waals surface area contributed by atoms with Gasteiger partial charge in [-0.1, -0.05) is 6.07 Å². The maximum absolute atomic E-state index is 8.91. The lowest BCUT2D eigenvalue weighted by atomic mass is 9.99. The molecule has 3 rings (SSSR count). The topological polar surface area (TPSA) is 65.7 Å². The third-order valence-electron chi connectivity index (χ3n) is 3.58. The van der Waals surface area contributed by atoms with E-state index in [0.717, 1.165) is 43.1 Å². The van der Waals surface area contributed by atoms with Gasteiger partial charge in [-0.3, -0.25) is 4.98 Å². The molecule has 0 saturated carbocycles. The highest BCUT2D eigenvalue weighted by Crippen LogP contribution is 2.22. The molecule has 0 unspecified atom stereocenters. The fraction of sp³-hybridized carbons (Fsp3) is 0.333. The summed E-state index contributed by atoms with van der Waals surface area (Å²) in [5.74, 6) is 1.06. The molecule has 0 N–H and O–H groups in total. The summed E-state index contributed by atoms with van der Waals surface area (Å²) in [5, 5.41) is 17.4. The Morgan fingerprint density at radius 1 is 1.05 bits per heavy atom. The van der Waals surface area contributed by atoms with Crippen molar-refractivity contribution in [2.75, 3.05) is 18.0 Å². The van der Waals surface area contributed by atoms with E-state index in [9.17, 15) is 0 Å². The van der Waals surface area contributed by atoms with Gasteiger partial charge in [0.25, 0.3) is 0 Å². The normalized spacial score (nSPS) is 15.8. The van der Waals surface area contributed by atoms with Crippen LogP contribution in [0.2, 0.25) is 0 Å². The number of anilines is 1. The van der Waals surface area contributed by atoms with Crippen LogP contribution in [0, 0.1) is 17.2 Å². The predicted molar refractivity (Wildman–Crippen MR) is 75.8 cm³/mol. The minimum atomic E-state index is 0.187. The second-order valence-electron chi connectivity index (χ2n) is 4.88. The number of aromatic nitrogens is 3. The van der Waals surface area contributed by atoms with E-state index in [4.69, 9.17) is 5.26 Å². The lowest BCUT2D eigenvalue weighted by Gasteiger charge is -2.29. The number of pyridine rings is 1. The third-order valence-corrected chi connectivity index (χ3v) is 3.58. The van der Waals surface area contributed by atoms with Gasteiger partial charge in [-0.15, -0.1) is 10.2 Å². The van der Waals surface area contributed by atoms with Gasteiger partial charge >= 0.3 is 0 Å². The molecule has 1 fully saturated rings. The standard InChI is InChI=1S/C15H15N5/c16-11-12-6-9-20(10-7-12)15-5-4-14(18-19-15)13-3-1-2-8-17-13/h1-5,8,12H,6-7,9-10H2. The van der Waals surface area contributed by atoms with E-state index >= 15 is 0 Å². The van der Waals surface area contributed by atoms with E-state index in [1.54, 1.807) is 6.20 Å². The fourth-order valence-corrected chi connectivity index (χ4v) is 2.38. The van der Waals surface area contributed by atoms with Crippen molar-refractivity contribution in [1.82, 2.24) is 15.2 Å². The number of nitrogens with zero attached hydrogens (tertiary/aromatic N) is 5. The maximum atomic E-state index is 8.91. The molecule has 0 atom stereocenters. The monoisotopic (exact) mass is 265 g/mol. The van der Waals surface area contributed by atoms with Gasteiger partial charge in [0, 0.05) is 25.2 Å². The fourth-order valence-electron chi connectivity index (χ4n) is 2.38. The molecular weight excluding hydrogens is 250 g/mol. The van der Waals surface area contributed by atoms with E-state index in [1.807, 2.05) is 30.3 Å². The van der Waals surface area contributed by atoms with Gasteiger partial charge in [-0.25, -0.2) is 0 Å². The van der Waals surface area contributed by atoms with Gasteiger partial charge in [0.15, 0.2) is 5.82 Å². The predicted octanol–water partition coefficient (Wildman–Crippen LogP) is 2.28. The number of hydrogen-bond acceptors (Lipinski definition) is 5. The Bertz CT molecular complexity index is 594. The van der Waals surface area contributed by atoms with Crippen molar-refractivity contribution in [3.05, 3.63) is 36.5 Å². The lowest BCUT2D eigenvalue weighted by molar-refractivity contribution is 0.484. The Kier molecular flexibility index (Phi) is 3.55. The van der Waals surface area contributed by atoms with Crippen LogP contribution in [0.4, 0.5) is 5.82 Å². The van der Waals surface area contributed by atoms with Gasteiger partial charge in [0.2, 0.25) is 0 Å². The summed E-state index contributed by atoms with van der Waals surface area (Å²) in [7, 11) is 0. The first kappa shape index (κ1) is 12.5. The van der Waals surface area contributed by atoms with E-state index in [1.165, 1.54) is 0 Å². The summed E-state index contributed by atoms with van der Waals surface area (Å²) < 4.78 is 0. The first-order chi connectivity index (χ1) is 9.86. The van der Waals surface area contributed by atoms with Crippen LogP contribution in [0.15, 0.2) is 36.5 Å². The molecule has 0 amide bonds. The molecule has 0 bridgehead atoms. The van der Waals surface area contributed by atoms with Crippen LogP contribution in [0.25, 0.3) is 11.4 Å². The zero-order chi connectivity index (χ0) is 13.8. The van der Waals surface area contributed by atoms with Gasteiger partial charge in [0.1, 0.15) is 5.69 Å². The lowest BCUT2D eigenvalue weighted by Crippen LogP contribution is -2.33. The molecule has 2 aromatic rings. The number of nitriles is 1. The van der Waals surface area contributed by atoms with Crippen LogP contribution >= 0.6 is 0 Å². The molecule has 5 nitrogen and oxygen atoms in total. The Hall–Kier alpha value is -2.48. The molecule has 2 aromatic heterocycles. The molecule has 0 aromatic carbocycles. The molecule has 100 valence electrons. The van der Waals surface area contributed by atoms with Crippen molar-refractivity contribution >= 4 is 5.82 Å². The van der Waals surface area contributed by atoms with Crippen molar-refractivity contribution in [2.24, 2.45) is 5.92 Å². The number of hydrogen-bond donors (Lipinski definition) is 0. The van der Waals surface area contributed by atoms with Crippen LogP contribution in [-0.4, -0.2) is 28.3 Å². The van der Waals surface area contributed by atoms with E-state index in [0.29, 0.717) is 0 Å². The highest BCUT2D eigenvalue weighted by atomic mass is 15.3. The molecule has 5 heteroatoms.